The molecule has 92 valence electrons. The fourth-order valence-electron chi connectivity index (χ4n) is 2.90. The van der Waals surface area contributed by atoms with Crippen LogP contribution in [0.3, 0.4) is 0 Å². The molecule has 0 amide bonds. The van der Waals surface area contributed by atoms with Crippen molar-refractivity contribution in [1.29, 1.82) is 0 Å². The van der Waals surface area contributed by atoms with Crippen LogP contribution in [0.25, 0.3) is 6.08 Å². The van der Waals surface area contributed by atoms with Crippen LogP contribution in [0.2, 0.25) is 0 Å². The van der Waals surface area contributed by atoms with Crippen molar-refractivity contribution in [2.75, 3.05) is 7.11 Å². The minimum Gasteiger partial charge on any atom is -0.380 e. The Balaban J connectivity index is 2.02. The van der Waals surface area contributed by atoms with Gasteiger partial charge in [0.2, 0.25) is 0 Å². The number of fused-ring (bicyclic) bond motifs is 2. The summed E-state index contributed by atoms with van der Waals surface area (Å²) in [6, 6.07) is 8.59. The Bertz CT molecular complexity index is 510. The van der Waals surface area contributed by atoms with Crippen LogP contribution >= 0.6 is 0 Å². The van der Waals surface area contributed by atoms with Crippen LogP contribution in [0.4, 0.5) is 0 Å². The first kappa shape index (κ1) is 11.5. The number of hydrogen-bond acceptors (Lipinski definition) is 1. The Morgan fingerprint density at radius 3 is 2.78 bits per heavy atom. The van der Waals surface area contributed by atoms with E-state index in [9.17, 15) is 0 Å². The van der Waals surface area contributed by atoms with Gasteiger partial charge in [-0.3, -0.25) is 0 Å². The molecule has 3 rings (SSSR count). The maximum atomic E-state index is 5.73. The summed E-state index contributed by atoms with van der Waals surface area (Å²) in [6.45, 7) is 0. The molecule has 0 bridgehead atoms. The highest BCUT2D eigenvalue weighted by Gasteiger charge is 2.27. The standard InChI is InChI=1S/C17H18O/c1-18-17-12-15-8-3-2-6-13(15)10-11-14-7-4-5-9-16(14)17/h2-11,14,16-17H,12H2,1H3/b11-10-. The highest BCUT2D eigenvalue weighted by atomic mass is 16.5. The smallest absolute Gasteiger partial charge is 0.0683 e. The molecule has 1 nitrogen and oxygen atoms in total. The molecule has 0 spiro atoms. The highest BCUT2D eigenvalue weighted by molar-refractivity contribution is 5.55. The van der Waals surface area contributed by atoms with Gasteiger partial charge in [0.05, 0.1) is 6.10 Å². The van der Waals surface area contributed by atoms with Crippen molar-refractivity contribution in [2.24, 2.45) is 11.8 Å². The largest absolute Gasteiger partial charge is 0.380 e. The minimum absolute atomic E-state index is 0.252. The summed E-state index contributed by atoms with van der Waals surface area (Å²) in [7, 11) is 1.82. The van der Waals surface area contributed by atoms with Gasteiger partial charge in [-0.2, -0.15) is 0 Å². The average molecular weight is 238 g/mol. The molecule has 18 heavy (non-hydrogen) atoms. The van der Waals surface area contributed by atoms with Crippen molar-refractivity contribution in [1.82, 2.24) is 0 Å². The molecule has 2 aliphatic rings. The summed E-state index contributed by atoms with van der Waals surface area (Å²) in [5, 5.41) is 0. The molecule has 0 saturated heterocycles. The van der Waals surface area contributed by atoms with Crippen LogP contribution < -0.4 is 0 Å². The number of ether oxygens (including phenoxy) is 1. The second-order valence-corrected chi connectivity index (χ2v) is 4.96. The van der Waals surface area contributed by atoms with E-state index in [0.717, 1.165) is 6.42 Å². The molecule has 1 aromatic carbocycles. The van der Waals surface area contributed by atoms with Crippen LogP contribution in [0.15, 0.2) is 54.6 Å². The van der Waals surface area contributed by atoms with Crippen molar-refractivity contribution in [2.45, 2.75) is 12.5 Å². The molecule has 0 heterocycles. The molecule has 0 aliphatic heterocycles. The van der Waals surface area contributed by atoms with E-state index in [-0.39, 0.29) is 6.10 Å². The van der Waals surface area contributed by atoms with E-state index in [1.54, 1.807) is 0 Å². The van der Waals surface area contributed by atoms with Gasteiger partial charge in [0.1, 0.15) is 0 Å². The van der Waals surface area contributed by atoms with Gasteiger partial charge in [-0.15, -0.1) is 0 Å². The summed E-state index contributed by atoms with van der Waals surface area (Å²) in [6.07, 6.45) is 14.6. The van der Waals surface area contributed by atoms with Crippen LogP contribution in [0.1, 0.15) is 11.1 Å². The topological polar surface area (TPSA) is 9.23 Å². The number of benzene rings is 1. The lowest BCUT2D eigenvalue weighted by molar-refractivity contribution is 0.0599. The molecule has 2 aliphatic carbocycles. The van der Waals surface area contributed by atoms with Crippen LogP contribution in [0, 0.1) is 11.8 Å². The summed E-state index contributed by atoms with van der Waals surface area (Å²) in [5.41, 5.74) is 2.70. The average Bonchev–Trinajstić information content (AvgIpc) is 2.41. The molecule has 0 N–H and O–H groups in total. The first-order valence-corrected chi connectivity index (χ1v) is 6.52. The van der Waals surface area contributed by atoms with E-state index in [0.29, 0.717) is 11.8 Å². The van der Waals surface area contributed by atoms with Crippen molar-refractivity contribution in [3.8, 4) is 0 Å². The van der Waals surface area contributed by atoms with E-state index in [4.69, 9.17) is 4.74 Å². The second-order valence-electron chi connectivity index (χ2n) is 4.96. The molecular weight excluding hydrogens is 220 g/mol. The Kier molecular flexibility index (Phi) is 3.16. The van der Waals surface area contributed by atoms with Gasteiger partial charge < -0.3 is 4.74 Å². The molecule has 1 aromatic rings. The Hall–Kier alpha value is -1.60. The molecule has 1 heteroatoms. The SMILES string of the molecule is COC1Cc2ccccc2/C=C\C2C=CC=CC21. The molecular formula is C17H18O. The summed E-state index contributed by atoms with van der Waals surface area (Å²) < 4.78 is 5.73. The molecule has 0 fully saturated rings. The van der Waals surface area contributed by atoms with E-state index in [1.165, 1.54) is 11.1 Å². The van der Waals surface area contributed by atoms with Gasteiger partial charge in [0, 0.05) is 18.9 Å². The normalized spacial score (nSPS) is 31.1. The monoisotopic (exact) mass is 238 g/mol. The van der Waals surface area contributed by atoms with E-state index < -0.39 is 0 Å². The number of hydrogen-bond donors (Lipinski definition) is 0. The zero-order chi connectivity index (χ0) is 12.4. The Morgan fingerprint density at radius 2 is 1.89 bits per heavy atom. The lowest BCUT2D eigenvalue weighted by atomic mass is 9.79. The quantitative estimate of drug-likeness (QED) is 0.726. The number of allylic oxidation sites excluding steroid dienone is 4. The minimum atomic E-state index is 0.252. The lowest BCUT2D eigenvalue weighted by Gasteiger charge is -2.31. The predicted octanol–water partition coefficient (Wildman–Crippen LogP) is 3.63. The zero-order valence-corrected chi connectivity index (χ0v) is 10.6. The van der Waals surface area contributed by atoms with Gasteiger partial charge in [-0.05, 0) is 17.5 Å². The van der Waals surface area contributed by atoms with Crippen molar-refractivity contribution >= 4 is 6.08 Å². The van der Waals surface area contributed by atoms with Crippen molar-refractivity contribution < 1.29 is 4.74 Å². The molecule has 0 aromatic heterocycles. The number of methoxy groups -OCH3 is 1. The van der Waals surface area contributed by atoms with E-state index in [2.05, 4.69) is 60.7 Å². The second kappa shape index (κ2) is 4.95. The Morgan fingerprint density at radius 1 is 1.06 bits per heavy atom. The highest BCUT2D eigenvalue weighted by Crippen LogP contribution is 2.31. The third-order valence-electron chi connectivity index (χ3n) is 3.93. The fourth-order valence-corrected chi connectivity index (χ4v) is 2.90. The van der Waals surface area contributed by atoms with Crippen LogP contribution in [-0.4, -0.2) is 13.2 Å². The molecule has 3 atom stereocenters. The summed E-state index contributed by atoms with van der Waals surface area (Å²) in [4.78, 5) is 0. The Labute approximate surface area is 108 Å². The van der Waals surface area contributed by atoms with Gasteiger partial charge in [0.15, 0.2) is 0 Å². The maximum absolute atomic E-state index is 5.73. The van der Waals surface area contributed by atoms with E-state index >= 15 is 0 Å². The summed E-state index contributed by atoms with van der Waals surface area (Å²) >= 11 is 0. The first-order chi connectivity index (χ1) is 8.88. The summed E-state index contributed by atoms with van der Waals surface area (Å²) in [5.74, 6) is 0.901. The van der Waals surface area contributed by atoms with Gasteiger partial charge >= 0.3 is 0 Å². The van der Waals surface area contributed by atoms with E-state index in [1.807, 2.05) is 7.11 Å². The third-order valence-corrected chi connectivity index (χ3v) is 3.93. The number of rotatable bonds is 1. The van der Waals surface area contributed by atoms with Crippen molar-refractivity contribution in [3.05, 3.63) is 65.8 Å². The predicted molar refractivity (Wildman–Crippen MR) is 75.2 cm³/mol. The fraction of sp³-hybridized carbons (Fsp3) is 0.294. The molecule has 3 unspecified atom stereocenters. The van der Waals surface area contributed by atoms with Crippen LogP contribution in [-0.2, 0) is 11.2 Å². The first-order valence-electron chi connectivity index (χ1n) is 6.52. The zero-order valence-electron chi connectivity index (χ0n) is 10.6. The third kappa shape index (κ3) is 2.06. The van der Waals surface area contributed by atoms with Gasteiger partial charge in [-0.1, -0.05) is 60.7 Å². The van der Waals surface area contributed by atoms with Crippen molar-refractivity contribution in [3.63, 3.8) is 0 Å². The molecule has 0 radical (unpaired) electrons. The van der Waals surface area contributed by atoms with Gasteiger partial charge in [-0.25, -0.2) is 0 Å². The maximum Gasteiger partial charge on any atom is 0.0683 e. The molecule has 0 saturated carbocycles. The lowest BCUT2D eigenvalue weighted by Crippen LogP contribution is -2.30. The van der Waals surface area contributed by atoms with Crippen LogP contribution in [0.5, 0.6) is 0 Å². The van der Waals surface area contributed by atoms with Gasteiger partial charge in [0.25, 0.3) is 0 Å².